The molecule has 1 rings (SSSR count). The van der Waals surface area contributed by atoms with Crippen molar-refractivity contribution in [1.82, 2.24) is 10.6 Å². The number of hydrogen-bond acceptors (Lipinski definition) is 6. The molecule has 0 saturated heterocycles. The molecular formula is C16H22N4O6. The van der Waals surface area contributed by atoms with Crippen LogP contribution < -0.4 is 22.1 Å². The highest BCUT2D eigenvalue weighted by atomic mass is 16.4. The van der Waals surface area contributed by atoms with Crippen LogP contribution in [-0.2, 0) is 25.6 Å². The number of carbonyl (C=O) groups excluding carboxylic acids is 3. The lowest BCUT2D eigenvalue weighted by Crippen LogP contribution is -2.54. The molecule has 1 aromatic rings. The number of primary amides is 1. The Labute approximate surface area is 149 Å². The molecule has 3 atom stereocenters. The van der Waals surface area contributed by atoms with Crippen molar-refractivity contribution in [2.24, 2.45) is 11.5 Å². The van der Waals surface area contributed by atoms with Gasteiger partial charge in [-0.2, -0.15) is 0 Å². The fraction of sp³-hybridized carbons (Fsp3) is 0.375. The molecule has 0 aliphatic heterocycles. The van der Waals surface area contributed by atoms with E-state index in [-0.39, 0.29) is 12.2 Å². The zero-order valence-electron chi connectivity index (χ0n) is 14.1. The van der Waals surface area contributed by atoms with Crippen molar-refractivity contribution < 1.29 is 29.4 Å². The summed E-state index contributed by atoms with van der Waals surface area (Å²) < 4.78 is 0. The second-order valence-electron chi connectivity index (χ2n) is 5.78. The number of carboxylic acids is 1. The zero-order chi connectivity index (χ0) is 19.9. The maximum absolute atomic E-state index is 12.1. The van der Waals surface area contributed by atoms with E-state index < -0.39 is 48.2 Å². The van der Waals surface area contributed by atoms with Crippen LogP contribution in [0.25, 0.3) is 0 Å². The molecule has 10 heteroatoms. The number of aromatic hydroxyl groups is 1. The lowest BCUT2D eigenvalue weighted by Gasteiger charge is -2.19. The molecule has 0 bridgehead atoms. The van der Waals surface area contributed by atoms with Crippen LogP contribution in [0.1, 0.15) is 18.9 Å². The summed E-state index contributed by atoms with van der Waals surface area (Å²) >= 11 is 0. The Kier molecular flexibility index (Phi) is 7.53. The zero-order valence-corrected chi connectivity index (χ0v) is 14.1. The number of rotatable bonds is 9. The number of amides is 3. The van der Waals surface area contributed by atoms with Crippen LogP contribution in [0.3, 0.4) is 0 Å². The Balaban J connectivity index is 2.58. The van der Waals surface area contributed by atoms with E-state index in [0.717, 1.165) is 5.56 Å². The molecular weight excluding hydrogens is 344 g/mol. The van der Waals surface area contributed by atoms with E-state index in [9.17, 15) is 24.3 Å². The van der Waals surface area contributed by atoms with Crippen molar-refractivity contribution in [3.05, 3.63) is 29.8 Å². The number of hydrogen-bond donors (Lipinski definition) is 6. The van der Waals surface area contributed by atoms with Gasteiger partial charge in [0.25, 0.3) is 0 Å². The van der Waals surface area contributed by atoms with Crippen LogP contribution >= 0.6 is 0 Å². The first-order valence-corrected chi connectivity index (χ1v) is 7.75. The van der Waals surface area contributed by atoms with Crippen LogP contribution in [0, 0.1) is 0 Å². The van der Waals surface area contributed by atoms with Crippen LogP contribution in [0.2, 0.25) is 0 Å². The molecule has 0 aliphatic carbocycles. The third-order valence-electron chi connectivity index (χ3n) is 3.50. The number of phenolic OH excluding ortho intramolecular Hbond substituents is 1. The summed E-state index contributed by atoms with van der Waals surface area (Å²) in [6.45, 7) is 1.35. The van der Waals surface area contributed by atoms with Crippen molar-refractivity contribution in [3.63, 3.8) is 0 Å². The highest BCUT2D eigenvalue weighted by molar-refractivity contribution is 5.92. The van der Waals surface area contributed by atoms with Crippen molar-refractivity contribution in [2.45, 2.75) is 37.9 Å². The normalized spacial score (nSPS) is 13.9. The molecule has 0 heterocycles. The van der Waals surface area contributed by atoms with Gasteiger partial charge < -0.3 is 32.3 Å². The molecule has 10 nitrogen and oxygen atoms in total. The second-order valence-corrected chi connectivity index (χ2v) is 5.78. The molecule has 0 radical (unpaired) electrons. The predicted molar refractivity (Wildman–Crippen MR) is 90.8 cm³/mol. The van der Waals surface area contributed by atoms with Gasteiger partial charge >= 0.3 is 5.97 Å². The third kappa shape index (κ3) is 6.77. The summed E-state index contributed by atoms with van der Waals surface area (Å²) in [5.74, 6) is -3.61. The maximum atomic E-state index is 12.1. The van der Waals surface area contributed by atoms with Gasteiger partial charge in [-0.1, -0.05) is 12.1 Å². The highest BCUT2D eigenvalue weighted by Gasteiger charge is 2.26. The molecule has 0 aliphatic rings. The van der Waals surface area contributed by atoms with E-state index in [0.29, 0.717) is 0 Å². The molecule has 0 saturated carbocycles. The number of nitrogens with one attached hydrogen (secondary N) is 2. The summed E-state index contributed by atoms with van der Waals surface area (Å²) in [6, 6.07) is 2.64. The predicted octanol–water partition coefficient (Wildman–Crippen LogP) is -1.79. The number of phenols is 1. The van der Waals surface area contributed by atoms with Crippen molar-refractivity contribution in [1.29, 1.82) is 0 Å². The number of carboxylic acid groups (broad SMARTS) is 1. The molecule has 0 aromatic heterocycles. The quantitative estimate of drug-likeness (QED) is 0.298. The van der Waals surface area contributed by atoms with Crippen molar-refractivity contribution >= 4 is 23.7 Å². The van der Waals surface area contributed by atoms with Crippen LogP contribution in [-0.4, -0.2) is 52.0 Å². The maximum Gasteiger partial charge on any atom is 0.326 e. The van der Waals surface area contributed by atoms with Crippen molar-refractivity contribution in [3.8, 4) is 5.75 Å². The summed E-state index contributed by atoms with van der Waals surface area (Å²) in [7, 11) is 0. The Morgan fingerprint density at radius 3 is 2.15 bits per heavy atom. The largest absolute Gasteiger partial charge is 0.508 e. The van der Waals surface area contributed by atoms with E-state index >= 15 is 0 Å². The topological polar surface area (TPSA) is 185 Å². The molecule has 1 aromatic carbocycles. The monoisotopic (exact) mass is 366 g/mol. The first kappa shape index (κ1) is 20.9. The minimum Gasteiger partial charge on any atom is -0.508 e. The molecule has 0 spiro atoms. The van der Waals surface area contributed by atoms with E-state index in [1.165, 1.54) is 19.1 Å². The van der Waals surface area contributed by atoms with Crippen LogP contribution in [0.4, 0.5) is 0 Å². The first-order chi connectivity index (χ1) is 12.1. The van der Waals surface area contributed by atoms with Crippen molar-refractivity contribution in [2.75, 3.05) is 0 Å². The van der Waals surface area contributed by atoms with Gasteiger partial charge in [0.2, 0.25) is 17.7 Å². The lowest BCUT2D eigenvalue weighted by molar-refractivity contribution is -0.143. The minimum absolute atomic E-state index is 0.0843. The van der Waals surface area contributed by atoms with Gasteiger partial charge in [-0.05, 0) is 31.0 Å². The van der Waals surface area contributed by atoms with E-state index in [4.69, 9.17) is 16.6 Å². The molecule has 8 N–H and O–H groups in total. The first-order valence-electron chi connectivity index (χ1n) is 7.75. The summed E-state index contributed by atoms with van der Waals surface area (Å²) in [6.07, 6.45) is -0.387. The summed E-state index contributed by atoms with van der Waals surface area (Å²) in [5.41, 5.74) is 11.4. The smallest absolute Gasteiger partial charge is 0.326 e. The van der Waals surface area contributed by atoms with E-state index in [1.54, 1.807) is 12.1 Å². The fourth-order valence-corrected chi connectivity index (χ4v) is 2.06. The number of nitrogens with two attached hydrogens (primary N) is 2. The van der Waals surface area contributed by atoms with E-state index in [2.05, 4.69) is 10.6 Å². The number of benzene rings is 1. The van der Waals surface area contributed by atoms with Gasteiger partial charge in [-0.15, -0.1) is 0 Å². The second kappa shape index (κ2) is 9.37. The number of carbonyl (C=O) groups is 4. The van der Waals surface area contributed by atoms with Gasteiger partial charge in [0.15, 0.2) is 0 Å². The minimum atomic E-state index is -1.48. The molecule has 3 amide bonds. The molecule has 3 unspecified atom stereocenters. The molecule has 142 valence electrons. The molecule has 0 fully saturated rings. The van der Waals surface area contributed by atoms with Gasteiger partial charge in [0, 0.05) is 0 Å². The number of aliphatic carboxylic acids is 1. The van der Waals surface area contributed by atoms with Crippen LogP contribution in [0.15, 0.2) is 24.3 Å². The van der Waals surface area contributed by atoms with Gasteiger partial charge in [-0.25, -0.2) is 4.79 Å². The summed E-state index contributed by atoms with van der Waals surface area (Å²) in [4.78, 5) is 45.9. The highest BCUT2D eigenvalue weighted by Crippen LogP contribution is 2.10. The Hall–Kier alpha value is -3.14. The Morgan fingerprint density at radius 2 is 1.65 bits per heavy atom. The van der Waals surface area contributed by atoms with Gasteiger partial charge in [-0.3, -0.25) is 14.4 Å². The third-order valence-corrected chi connectivity index (χ3v) is 3.50. The molecule has 26 heavy (non-hydrogen) atoms. The van der Waals surface area contributed by atoms with E-state index in [1.807, 2.05) is 0 Å². The van der Waals surface area contributed by atoms with Gasteiger partial charge in [0.1, 0.15) is 17.8 Å². The SMILES string of the molecule is CC(NC(=O)C(N)Cc1ccc(O)cc1)C(=O)NC(CC(N)=O)C(=O)O. The summed E-state index contributed by atoms with van der Waals surface area (Å²) in [5, 5.41) is 22.7. The van der Waals surface area contributed by atoms with Crippen LogP contribution in [0.5, 0.6) is 5.75 Å². The van der Waals surface area contributed by atoms with Gasteiger partial charge in [0.05, 0.1) is 12.5 Å². The lowest BCUT2D eigenvalue weighted by atomic mass is 10.1. The fourth-order valence-electron chi connectivity index (χ4n) is 2.06. The average molecular weight is 366 g/mol. The standard InChI is InChI=1S/C16H22N4O6/c1-8(14(23)20-12(16(25)26)7-13(18)22)19-15(24)11(17)6-9-2-4-10(21)5-3-9/h2-5,8,11-12,21H,6-7,17H2,1H3,(H2,18,22)(H,19,24)(H,20,23)(H,25,26). The Morgan fingerprint density at radius 1 is 1.08 bits per heavy atom. The average Bonchev–Trinajstić information content (AvgIpc) is 2.55. The Bertz CT molecular complexity index is 676.